The van der Waals surface area contributed by atoms with E-state index in [1.54, 1.807) is 18.2 Å². The lowest BCUT2D eigenvalue weighted by Gasteiger charge is -2.60. The summed E-state index contributed by atoms with van der Waals surface area (Å²) in [5.74, 6) is 0.230. The normalized spacial score (nSPS) is 23.6. The molecule has 0 radical (unpaired) electrons. The number of carbonyl (C=O) groups excluding carboxylic acids is 1. The van der Waals surface area contributed by atoms with Crippen molar-refractivity contribution in [1.82, 2.24) is 4.90 Å². The van der Waals surface area contributed by atoms with Crippen LogP contribution in [-0.4, -0.2) is 94.8 Å². The van der Waals surface area contributed by atoms with E-state index in [4.69, 9.17) is 28.9 Å². The number of nitrogens with zero attached hydrogens (tertiary/aromatic N) is 3. The number of oxime groups is 1. The molecule has 68 heavy (non-hydrogen) atoms. The van der Waals surface area contributed by atoms with Gasteiger partial charge in [0.15, 0.2) is 0 Å². The summed E-state index contributed by atoms with van der Waals surface area (Å²) < 4.78 is 27.1. The number of unbranched alkanes of at least 4 members (excludes halogenated alkanes) is 2. The number of aryl methyl sites for hydroxylation is 2. The second-order valence-corrected chi connectivity index (χ2v) is 18.9. The lowest BCUT2D eigenvalue weighted by atomic mass is 9.55. The summed E-state index contributed by atoms with van der Waals surface area (Å²) in [5, 5.41) is 46.1. The van der Waals surface area contributed by atoms with Gasteiger partial charge in [-0.2, -0.15) is 0 Å². The van der Waals surface area contributed by atoms with Crippen molar-refractivity contribution < 1.29 is 48.8 Å². The molecule has 0 spiro atoms. The van der Waals surface area contributed by atoms with Crippen LogP contribution in [0.2, 0.25) is 0 Å². The first kappa shape index (κ1) is 50.7. The number of rotatable bonds is 26. The molecule has 2 saturated carbocycles. The molecule has 2 fully saturated rings. The van der Waals surface area contributed by atoms with E-state index in [1.165, 1.54) is 30.5 Å². The van der Waals surface area contributed by atoms with Crippen LogP contribution in [0.3, 0.4) is 0 Å². The van der Waals surface area contributed by atoms with Gasteiger partial charge in [-0.15, -0.1) is 6.58 Å². The molecule has 14 heteroatoms. The van der Waals surface area contributed by atoms with E-state index in [2.05, 4.69) is 32.6 Å². The van der Waals surface area contributed by atoms with Crippen molar-refractivity contribution in [3.05, 3.63) is 117 Å². The average molecular weight is 938 g/mol. The maximum atomic E-state index is 15.0. The number of allylic oxidation sites excluding steroid dienone is 1. The van der Waals surface area contributed by atoms with Crippen LogP contribution in [0.15, 0.2) is 90.1 Å². The number of carbonyl (C=O) groups is 1. The van der Waals surface area contributed by atoms with Gasteiger partial charge in [0.25, 0.3) is 5.69 Å². The minimum absolute atomic E-state index is 0.0145. The molecule has 0 aromatic heterocycles. The zero-order valence-electron chi connectivity index (χ0n) is 39.9. The van der Waals surface area contributed by atoms with Crippen molar-refractivity contribution in [3.63, 3.8) is 0 Å². The van der Waals surface area contributed by atoms with E-state index in [0.29, 0.717) is 53.7 Å². The number of nitro benzene ring substituents is 1. The Morgan fingerprint density at radius 1 is 0.926 bits per heavy atom. The maximum absolute atomic E-state index is 15.0. The molecule has 3 N–H and O–H groups in total. The molecule has 368 valence electrons. The summed E-state index contributed by atoms with van der Waals surface area (Å²) in [7, 11) is 0. The van der Waals surface area contributed by atoms with Gasteiger partial charge in [-0.05, 0) is 128 Å². The van der Waals surface area contributed by atoms with Crippen molar-refractivity contribution in [2.75, 3.05) is 46.2 Å². The topological polar surface area (TPSA) is 183 Å². The van der Waals surface area contributed by atoms with Crippen LogP contribution < -0.4 is 9.47 Å². The van der Waals surface area contributed by atoms with Crippen molar-refractivity contribution in [1.29, 1.82) is 0 Å². The first-order valence-corrected chi connectivity index (χ1v) is 24.8. The van der Waals surface area contributed by atoms with Gasteiger partial charge in [-0.1, -0.05) is 61.9 Å². The number of aliphatic hydroxyl groups is 3. The van der Waals surface area contributed by atoms with Gasteiger partial charge in [0.05, 0.1) is 43.0 Å². The fraction of sp³-hybridized carbons (Fsp3) is 0.556. The summed E-state index contributed by atoms with van der Waals surface area (Å²) in [5.41, 5.74) is 5.44. The molecule has 3 aromatic rings. The minimum Gasteiger partial charge on any atom is -0.459 e. The third kappa shape index (κ3) is 12.0. The number of ether oxygens (including phenoxy) is 4. The number of hydrogen-bond acceptors (Lipinski definition) is 12. The van der Waals surface area contributed by atoms with Crippen LogP contribution >= 0.6 is 0 Å². The first-order valence-electron chi connectivity index (χ1n) is 24.8. The van der Waals surface area contributed by atoms with Crippen LogP contribution in [0, 0.1) is 47.6 Å². The Bertz CT molecular complexity index is 2220. The summed E-state index contributed by atoms with van der Waals surface area (Å²) >= 11 is 0. The lowest BCUT2D eigenvalue weighted by molar-refractivity contribution is -0.384. The smallest absolute Gasteiger partial charge is 0.269 e. The molecule has 6 atom stereocenters. The van der Waals surface area contributed by atoms with Crippen LogP contribution in [0.4, 0.5) is 5.69 Å². The first-order chi connectivity index (χ1) is 33.1. The number of hydrogen-bond donors (Lipinski definition) is 3. The zero-order chi connectivity index (χ0) is 48.0. The van der Waals surface area contributed by atoms with Crippen molar-refractivity contribution in [2.24, 2.45) is 28.8 Å². The highest BCUT2D eigenvalue weighted by Crippen LogP contribution is 2.62. The maximum Gasteiger partial charge on any atom is 0.269 e. The highest BCUT2D eigenvalue weighted by molar-refractivity contribution is 6.03. The molecule has 3 aromatic carbocycles. The Hall–Kier alpha value is -5.12. The molecule has 0 saturated heterocycles. The third-order valence-electron chi connectivity index (χ3n) is 14.6. The third-order valence-corrected chi connectivity index (χ3v) is 14.6. The minimum atomic E-state index is -1.45. The quantitative estimate of drug-likeness (QED) is 0.0302. The Balaban J connectivity index is 1.41. The van der Waals surface area contributed by atoms with E-state index in [1.807, 2.05) is 35.2 Å². The highest BCUT2D eigenvalue weighted by atomic mass is 16.7. The molecule has 4 aliphatic rings. The Kier molecular flexibility index (Phi) is 18.2. The van der Waals surface area contributed by atoms with Crippen molar-refractivity contribution in [2.45, 2.75) is 122 Å². The number of nitro groups is 1. The van der Waals surface area contributed by atoms with Gasteiger partial charge in [0, 0.05) is 56.2 Å². The van der Waals surface area contributed by atoms with Gasteiger partial charge in [0.1, 0.15) is 29.9 Å². The van der Waals surface area contributed by atoms with Crippen LogP contribution in [0.1, 0.15) is 112 Å². The van der Waals surface area contributed by atoms with Gasteiger partial charge in [-0.25, -0.2) is 0 Å². The lowest BCUT2D eigenvalue weighted by Crippen LogP contribution is -2.70. The average Bonchev–Trinajstić information content (AvgIpc) is 3.87. The second kappa shape index (κ2) is 24.4. The number of aliphatic hydroxyl groups excluding tert-OH is 3. The van der Waals surface area contributed by atoms with E-state index < -0.39 is 22.7 Å². The number of non-ortho nitro benzene ring substituents is 1. The van der Waals surface area contributed by atoms with Gasteiger partial charge in [0.2, 0.25) is 11.7 Å². The predicted molar refractivity (Wildman–Crippen MR) is 260 cm³/mol. The molecule has 1 heterocycles. The molecule has 1 amide bonds. The fourth-order valence-corrected chi connectivity index (χ4v) is 11.1. The molecule has 7 rings (SSSR count). The molecule has 1 aliphatic heterocycles. The molecule has 14 nitrogen and oxygen atoms in total. The standard InChI is InChI=1S/C54H71N3O11/c1-4-29-65-54-50(56(25-30-64-31-28-60)51(61)24-18-39-11-5-6-12-39)35-48(55-66-36-40-16-19-42(20-17-40)57(62)63)46-33-41(13-7-9-26-58)45(14-8-10-27-59)52(53(46)54)47-34-44(22-23-49(47)68-54)67-43-21-15-37(2)38(3)32-43/h4,15-17,19-23,32-34,39,41,45,50,52-53,58-60H,1,5-14,18,24-31,35-36H2,2-3H3/t41-,45+,50-,52+,53+,54+/m0/s1. The molecule has 0 unspecified atom stereocenters. The Morgan fingerprint density at radius 2 is 1.66 bits per heavy atom. The van der Waals surface area contributed by atoms with Crippen LogP contribution in [0.25, 0.3) is 0 Å². The second-order valence-electron chi connectivity index (χ2n) is 18.9. The molecular weight excluding hydrogens is 867 g/mol. The summed E-state index contributed by atoms with van der Waals surface area (Å²) in [6, 6.07) is 17.5. The molecule has 0 bridgehead atoms. The number of fused-ring (bicyclic) bond motifs is 2. The summed E-state index contributed by atoms with van der Waals surface area (Å²) in [6.07, 6.45) is 14.3. The van der Waals surface area contributed by atoms with Crippen molar-refractivity contribution in [3.8, 4) is 17.2 Å². The highest BCUT2D eigenvalue weighted by Gasteiger charge is 2.65. The Labute approximate surface area is 401 Å². The van der Waals surface area contributed by atoms with E-state index >= 15 is 4.79 Å². The fourth-order valence-electron chi connectivity index (χ4n) is 11.1. The monoisotopic (exact) mass is 938 g/mol. The van der Waals surface area contributed by atoms with Crippen LogP contribution in [-0.2, 0) is 25.7 Å². The number of benzene rings is 3. The molecule has 3 aliphatic carbocycles. The van der Waals surface area contributed by atoms with E-state index in [-0.39, 0.29) is 88.6 Å². The van der Waals surface area contributed by atoms with E-state index in [9.17, 15) is 25.4 Å². The van der Waals surface area contributed by atoms with Crippen molar-refractivity contribution >= 4 is 17.3 Å². The van der Waals surface area contributed by atoms with Gasteiger partial charge in [-0.3, -0.25) is 14.9 Å². The van der Waals surface area contributed by atoms with Gasteiger partial charge < -0.3 is 44.0 Å². The SMILES string of the molecule is C=CCO[C@@]12Oc3ccc(Oc4ccc(C)c(C)c4)cc3[C@H]3[C@H](CCCCO)[C@@H](CCCCO)C=C(C(=NOCc4ccc([N+](=O)[O-])cc4)C[C@@H]1N(CCOCCO)C(=O)CCC1CCCC1)[C@H]32. The van der Waals surface area contributed by atoms with Crippen LogP contribution in [0.5, 0.6) is 17.2 Å². The zero-order valence-corrected chi connectivity index (χ0v) is 39.9. The Morgan fingerprint density at radius 3 is 2.37 bits per heavy atom. The van der Waals surface area contributed by atoms with E-state index in [0.717, 1.165) is 61.6 Å². The van der Waals surface area contributed by atoms with Gasteiger partial charge >= 0.3 is 0 Å². The summed E-state index contributed by atoms with van der Waals surface area (Å²) in [6.45, 7) is 8.87. The summed E-state index contributed by atoms with van der Waals surface area (Å²) in [4.78, 5) is 34.1. The predicted octanol–water partition coefficient (Wildman–Crippen LogP) is 9.65. The largest absolute Gasteiger partial charge is 0.459 e. The molecular formula is C54H71N3O11. The number of amides is 1.